The first-order valence-electron chi connectivity index (χ1n) is 7.31. The van der Waals surface area contributed by atoms with Gasteiger partial charge in [0.1, 0.15) is 5.69 Å². The predicted octanol–water partition coefficient (Wildman–Crippen LogP) is 3.56. The van der Waals surface area contributed by atoms with Crippen LogP contribution >= 0.6 is 0 Å². The zero-order valence-electron chi connectivity index (χ0n) is 13.2. The van der Waals surface area contributed by atoms with E-state index < -0.39 is 5.97 Å². The largest absolute Gasteiger partial charge is 0.476 e. The van der Waals surface area contributed by atoms with E-state index in [1.54, 1.807) is 4.68 Å². The number of aryl methyl sites for hydroxylation is 3. The molecule has 3 rings (SSSR count). The molecule has 0 bridgehead atoms. The Morgan fingerprint density at radius 3 is 2.30 bits per heavy atom. The summed E-state index contributed by atoms with van der Waals surface area (Å²) in [4.78, 5) is 11.5. The van der Waals surface area contributed by atoms with Crippen molar-refractivity contribution in [3.63, 3.8) is 0 Å². The maximum absolute atomic E-state index is 11.5. The molecule has 0 unspecified atom stereocenters. The number of nitrogens with zero attached hydrogens (tertiary/aromatic N) is 3. The fraction of sp³-hybridized carbons (Fsp3) is 0.167. The fourth-order valence-electron chi connectivity index (χ4n) is 2.43. The molecule has 0 aliphatic rings. The smallest absolute Gasteiger partial charge is 0.358 e. The van der Waals surface area contributed by atoms with Gasteiger partial charge in [-0.15, -0.1) is 5.10 Å². The van der Waals surface area contributed by atoms with Crippen molar-refractivity contribution < 1.29 is 9.90 Å². The van der Waals surface area contributed by atoms with Gasteiger partial charge in [-0.25, -0.2) is 9.48 Å². The SMILES string of the molecule is Cc1ccc(-c2c(C(=O)O)nnn2-c2ccc(C)c(C)c2)cc1. The molecule has 0 amide bonds. The summed E-state index contributed by atoms with van der Waals surface area (Å²) < 4.78 is 1.58. The summed E-state index contributed by atoms with van der Waals surface area (Å²) in [7, 11) is 0. The monoisotopic (exact) mass is 307 g/mol. The molecule has 0 aliphatic carbocycles. The minimum absolute atomic E-state index is 0.0490. The minimum atomic E-state index is -1.09. The van der Waals surface area contributed by atoms with Gasteiger partial charge in [0.25, 0.3) is 0 Å². The second kappa shape index (κ2) is 5.68. The number of aromatic nitrogens is 3. The van der Waals surface area contributed by atoms with Crippen LogP contribution in [-0.4, -0.2) is 26.1 Å². The van der Waals surface area contributed by atoms with E-state index >= 15 is 0 Å². The maximum atomic E-state index is 11.5. The molecular formula is C18H17N3O2. The van der Waals surface area contributed by atoms with E-state index in [0.717, 1.165) is 22.4 Å². The molecule has 0 saturated carbocycles. The zero-order valence-corrected chi connectivity index (χ0v) is 13.2. The van der Waals surface area contributed by atoms with E-state index in [9.17, 15) is 9.90 Å². The standard InChI is InChI=1S/C18H17N3O2/c1-11-4-7-14(8-5-11)17-16(18(22)23)19-20-21(17)15-9-6-12(2)13(3)10-15/h4-10H,1-3H3,(H,22,23). The Morgan fingerprint density at radius 2 is 1.70 bits per heavy atom. The van der Waals surface area contributed by atoms with Crippen molar-refractivity contribution in [1.82, 2.24) is 15.0 Å². The summed E-state index contributed by atoms with van der Waals surface area (Å²) in [5.74, 6) is -1.09. The van der Waals surface area contributed by atoms with Gasteiger partial charge < -0.3 is 5.11 Å². The number of rotatable bonds is 3. The summed E-state index contributed by atoms with van der Waals surface area (Å²) in [6.45, 7) is 6.03. The Labute approximate surface area is 134 Å². The summed E-state index contributed by atoms with van der Waals surface area (Å²) in [5, 5.41) is 17.3. The average molecular weight is 307 g/mol. The van der Waals surface area contributed by atoms with Gasteiger partial charge in [-0.2, -0.15) is 0 Å². The molecule has 0 aliphatic heterocycles. The molecule has 23 heavy (non-hydrogen) atoms. The van der Waals surface area contributed by atoms with Gasteiger partial charge in [-0.05, 0) is 44.0 Å². The Kier molecular flexibility index (Phi) is 3.70. The molecule has 1 heterocycles. The van der Waals surface area contributed by atoms with Crippen LogP contribution in [0.3, 0.4) is 0 Å². The quantitative estimate of drug-likeness (QED) is 0.803. The topological polar surface area (TPSA) is 68.0 Å². The zero-order chi connectivity index (χ0) is 16.6. The van der Waals surface area contributed by atoms with E-state index in [2.05, 4.69) is 10.3 Å². The summed E-state index contributed by atoms with van der Waals surface area (Å²) in [6.07, 6.45) is 0. The molecule has 0 radical (unpaired) electrons. The van der Waals surface area contributed by atoms with Gasteiger partial charge in [0, 0.05) is 5.56 Å². The number of hydrogen-bond acceptors (Lipinski definition) is 3. The average Bonchev–Trinajstić information content (AvgIpc) is 2.96. The van der Waals surface area contributed by atoms with Crippen molar-refractivity contribution in [2.45, 2.75) is 20.8 Å². The predicted molar refractivity (Wildman–Crippen MR) is 88.0 cm³/mol. The van der Waals surface area contributed by atoms with Crippen LogP contribution in [0.4, 0.5) is 0 Å². The van der Waals surface area contributed by atoms with Crippen LogP contribution in [0.15, 0.2) is 42.5 Å². The van der Waals surface area contributed by atoms with Crippen LogP contribution in [0.5, 0.6) is 0 Å². The van der Waals surface area contributed by atoms with Gasteiger partial charge in [0.2, 0.25) is 0 Å². The Balaban J connectivity index is 2.23. The third-order valence-electron chi connectivity index (χ3n) is 3.93. The first-order chi connectivity index (χ1) is 11.0. The molecular weight excluding hydrogens is 290 g/mol. The molecule has 3 aromatic rings. The third kappa shape index (κ3) is 2.73. The van der Waals surface area contributed by atoms with Gasteiger partial charge in [-0.3, -0.25) is 0 Å². The molecule has 0 atom stereocenters. The Bertz CT molecular complexity index is 880. The normalized spacial score (nSPS) is 10.7. The van der Waals surface area contributed by atoms with Crippen LogP contribution in [0.2, 0.25) is 0 Å². The molecule has 2 aromatic carbocycles. The van der Waals surface area contributed by atoms with Crippen molar-refractivity contribution in [3.8, 4) is 16.9 Å². The van der Waals surface area contributed by atoms with Crippen molar-refractivity contribution in [2.75, 3.05) is 0 Å². The third-order valence-corrected chi connectivity index (χ3v) is 3.93. The summed E-state index contributed by atoms with van der Waals surface area (Å²) in [6, 6.07) is 13.5. The van der Waals surface area contributed by atoms with Crippen molar-refractivity contribution in [1.29, 1.82) is 0 Å². The second-order valence-corrected chi connectivity index (χ2v) is 5.64. The molecule has 5 nitrogen and oxygen atoms in total. The van der Waals surface area contributed by atoms with Gasteiger partial charge in [-0.1, -0.05) is 41.1 Å². The molecule has 1 aromatic heterocycles. The van der Waals surface area contributed by atoms with Crippen LogP contribution in [-0.2, 0) is 0 Å². The van der Waals surface area contributed by atoms with Crippen LogP contribution < -0.4 is 0 Å². The minimum Gasteiger partial charge on any atom is -0.476 e. The number of carboxylic acids is 1. The van der Waals surface area contributed by atoms with Crippen LogP contribution in [0, 0.1) is 20.8 Å². The number of benzene rings is 2. The Hall–Kier alpha value is -2.95. The molecule has 0 spiro atoms. The lowest BCUT2D eigenvalue weighted by Crippen LogP contribution is -2.03. The van der Waals surface area contributed by atoms with E-state index in [1.807, 2.05) is 63.2 Å². The van der Waals surface area contributed by atoms with Crippen LogP contribution in [0.1, 0.15) is 27.2 Å². The number of hydrogen-bond donors (Lipinski definition) is 1. The highest BCUT2D eigenvalue weighted by Gasteiger charge is 2.21. The van der Waals surface area contributed by atoms with Gasteiger partial charge in [0.05, 0.1) is 5.69 Å². The highest BCUT2D eigenvalue weighted by atomic mass is 16.4. The molecule has 1 N–H and O–H groups in total. The van der Waals surface area contributed by atoms with Crippen molar-refractivity contribution in [2.24, 2.45) is 0 Å². The fourth-order valence-corrected chi connectivity index (χ4v) is 2.43. The second-order valence-electron chi connectivity index (χ2n) is 5.64. The number of carboxylic acid groups (broad SMARTS) is 1. The summed E-state index contributed by atoms with van der Waals surface area (Å²) >= 11 is 0. The van der Waals surface area contributed by atoms with Crippen molar-refractivity contribution >= 4 is 5.97 Å². The van der Waals surface area contributed by atoms with E-state index in [-0.39, 0.29) is 5.69 Å². The van der Waals surface area contributed by atoms with Crippen molar-refractivity contribution in [3.05, 3.63) is 64.8 Å². The highest BCUT2D eigenvalue weighted by molar-refractivity contribution is 5.93. The summed E-state index contributed by atoms with van der Waals surface area (Å²) in [5.41, 5.74) is 5.40. The maximum Gasteiger partial charge on any atom is 0.358 e. The molecule has 116 valence electrons. The lowest BCUT2D eigenvalue weighted by Gasteiger charge is -2.09. The van der Waals surface area contributed by atoms with Gasteiger partial charge >= 0.3 is 5.97 Å². The Morgan fingerprint density at radius 1 is 1.00 bits per heavy atom. The number of carbonyl (C=O) groups is 1. The molecule has 5 heteroatoms. The lowest BCUT2D eigenvalue weighted by atomic mass is 10.1. The number of aromatic carboxylic acids is 1. The molecule has 0 fully saturated rings. The lowest BCUT2D eigenvalue weighted by molar-refractivity contribution is 0.0691. The van der Waals surface area contributed by atoms with Crippen LogP contribution in [0.25, 0.3) is 16.9 Å². The van der Waals surface area contributed by atoms with Gasteiger partial charge in [0.15, 0.2) is 5.69 Å². The highest BCUT2D eigenvalue weighted by Crippen LogP contribution is 2.26. The first-order valence-corrected chi connectivity index (χ1v) is 7.31. The van der Waals surface area contributed by atoms with E-state index in [4.69, 9.17) is 0 Å². The molecule has 0 saturated heterocycles. The van der Waals surface area contributed by atoms with E-state index in [0.29, 0.717) is 5.69 Å². The van der Waals surface area contributed by atoms with E-state index in [1.165, 1.54) is 5.56 Å². The first kappa shape index (κ1) is 15.0.